The third kappa shape index (κ3) is 11.1. The predicted molar refractivity (Wildman–Crippen MR) is 392 cm³/mol. The number of hydrogen-bond donors (Lipinski definition) is 7. The van der Waals surface area contributed by atoms with Gasteiger partial charge in [0.05, 0.1) is 33.2 Å². The first-order valence-corrected chi connectivity index (χ1v) is 38.6. The van der Waals surface area contributed by atoms with Crippen LogP contribution < -0.4 is 51.1 Å². The maximum Gasteiger partial charge on any atom is 1.00 e. The van der Waals surface area contributed by atoms with E-state index in [1.54, 1.807) is 12.1 Å². The molecule has 0 radical (unpaired) electrons. The van der Waals surface area contributed by atoms with E-state index in [0.717, 1.165) is 70.2 Å². The number of aliphatic imine (C=N–C) groups is 1. The summed E-state index contributed by atoms with van der Waals surface area (Å²) in [7, 11) is -2.99. The van der Waals surface area contributed by atoms with Gasteiger partial charge in [-0.15, -0.1) is 0 Å². The van der Waals surface area contributed by atoms with Crippen molar-refractivity contribution in [1.82, 2.24) is 5.32 Å². The number of nitrogens with two attached hydrogens (primary N) is 2. The average Bonchev–Trinajstić information content (AvgIpc) is 0.790. The number of ether oxygens (including phenoxy) is 2. The fourth-order valence-corrected chi connectivity index (χ4v) is 23.5. The van der Waals surface area contributed by atoms with Gasteiger partial charge in [-0.05, 0) is 244 Å². The van der Waals surface area contributed by atoms with Gasteiger partial charge in [-0.3, -0.25) is 0 Å². The van der Waals surface area contributed by atoms with Gasteiger partial charge in [-0.25, -0.2) is 13.4 Å². The first-order valence-electron chi connectivity index (χ1n) is 37.1. The van der Waals surface area contributed by atoms with Gasteiger partial charge < -0.3 is 51.2 Å². The Morgan fingerprint density at radius 2 is 1.63 bits per heavy atom. The Morgan fingerprint density at radius 1 is 0.814 bits per heavy atom. The van der Waals surface area contributed by atoms with Crippen molar-refractivity contribution in [2.45, 2.75) is 155 Å². The molecule has 13 nitrogen and oxygen atoms in total. The second kappa shape index (κ2) is 26.2. The molecule has 5 aliphatic heterocycles. The molecule has 8 aliphatic carbocycles. The molecule has 15 heteroatoms. The molecule has 102 heavy (non-hydrogen) atoms. The van der Waals surface area contributed by atoms with E-state index in [1.165, 1.54) is 44.2 Å². The molecule has 3 fully saturated rings. The van der Waals surface area contributed by atoms with Crippen LogP contribution in [-0.2, 0) is 46.4 Å². The van der Waals surface area contributed by atoms with E-state index in [9.17, 15) is 28.3 Å². The summed E-state index contributed by atoms with van der Waals surface area (Å²) in [5, 5.41) is 54.4. The Bertz CT molecular complexity index is 4860. The van der Waals surface area contributed by atoms with Crippen LogP contribution >= 0.6 is 0 Å². The number of benzene rings is 7. The molecule has 5 heterocycles. The molecule has 20 atom stereocenters. The molecule has 9 N–H and O–H groups in total. The molecular formula is C87H89N4NaO9S. The molecule has 7 aromatic rings. The van der Waals surface area contributed by atoms with Crippen LogP contribution in [0.2, 0.25) is 0 Å². The van der Waals surface area contributed by atoms with Crippen LogP contribution in [0.15, 0.2) is 168 Å². The molecule has 7 aromatic carbocycles. The van der Waals surface area contributed by atoms with Crippen molar-refractivity contribution in [3.8, 4) is 23.3 Å². The number of rotatable bonds is 9. The van der Waals surface area contributed by atoms with Gasteiger partial charge in [0.25, 0.3) is 0 Å². The van der Waals surface area contributed by atoms with Crippen LogP contribution in [0.5, 0.6) is 11.5 Å². The van der Waals surface area contributed by atoms with Crippen LogP contribution in [-0.4, -0.2) is 70.0 Å². The number of fused-ring (bicyclic) bond motifs is 8. The maximum atomic E-state index is 15.1. The number of allylic oxidation sites excluding steroid dienone is 3. The minimum Gasteiger partial charge on any atom is -0.748 e. The van der Waals surface area contributed by atoms with Gasteiger partial charge in [-0.1, -0.05) is 158 Å². The Morgan fingerprint density at radius 3 is 2.43 bits per heavy atom. The number of aliphatic hydroxyl groups excluding tert-OH is 2. The summed E-state index contributed by atoms with van der Waals surface area (Å²) in [6, 6.07) is 43.4. The molecule has 14 bridgehead atoms. The van der Waals surface area contributed by atoms with Crippen LogP contribution in [0.1, 0.15) is 190 Å². The summed E-state index contributed by atoms with van der Waals surface area (Å²) in [5.74, 6) is 3.23. The number of nitrogens with one attached hydrogen (secondary N) is 1. The number of phenols is 1. The van der Waals surface area contributed by atoms with Gasteiger partial charge in [0, 0.05) is 65.9 Å². The zero-order valence-electron chi connectivity index (χ0n) is 58.3. The van der Waals surface area contributed by atoms with Gasteiger partial charge in [0.1, 0.15) is 17.6 Å². The Hall–Kier alpha value is -7.10. The number of phenolic OH excluding ortho intramolecular Hbond substituents is 1. The fourth-order valence-electron chi connectivity index (χ4n) is 22.4. The van der Waals surface area contributed by atoms with Gasteiger partial charge in [0.15, 0.2) is 5.96 Å². The van der Waals surface area contributed by atoms with Gasteiger partial charge >= 0.3 is 29.6 Å². The van der Waals surface area contributed by atoms with E-state index in [2.05, 4.69) is 164 Å². The molecule has 2 saturated carbocycles. The van der Waals surface area contributed by atoms with Crippen LogP contribution in [0, 0.1) is 65.1 Å². The fraction of sp³-hybridized carbons (Fsp3) is 0.414. The van der Waals surface area contributed by atoms with E-state index in [-0.39, 0.29) is 120 Å². The molecular weight excluding hydrogens is 1300 g/mol. The number of nitrogens with zero attached hydrogens (tertiary/aromatic N) is 1. The van der Waals surface area contributed by atoms with Crippen molar-refractivity contribution >= 4 is 39.0 Å². The predicted octanol–water partition coefficient (Wildman–Crippen LogP) is 10.8. The SMILES string of the molecule is CNCc1cc2cccc3c2c2c1CC1C=Cc4c(C5CCC6C7C=CC5C6(O)C(Cc5ccccc5)C(C5(N=C(N)N)Oc6ccc8c(c6)CCC(C)C8CC(S(=O)(=O)[O-])C6C=C8CC(CC9CC(CO)CC#Cc%10cc(O)ccc%10C8O9)C6c6ccc5cc6)C7)ccc(c41)C(O)C2C=C3.[Na+]. The third-order valence-electron chi connectivity index (χ3n) is 26.6. The molecule has 20 rings (SSSR count). The number of aromatic hydroxyl groups is 1. The van der Waals surface area contributed by atoms with Crippen molar-refractivity contribution in [2.75, 3.05) is 13.7 Å². The van der Waals surface area contributed by atoms with Crippen molar-refractivity contribution in [1.29, 1.82) is 0 Å². The molecule has 0 spiro atoms. The summed E-state index contributed by atoms with van der Waals surface area (Å²) < 4.78 is 59.1. The zero-order valence-corrected chi connectivity index (χ0v) is 61.1. The number of hydrogen-bond acceptors (Lipinski definition) is 11. The van der Waals surface area contributed by atoms with Gasteiger partial charge in [0.2, 0.25) is 5.72 Å². The minimum absolute atomic E-state index is 0. The summed E-state index contributed by atoms with van der Waals surface area (Å²) in [5.41, 5.74) is 27.2. The summed E-state index contributed by atoms with van der Waals surface area (Å²) in [4.78, 5) is 5.49. The molecule has 518 valence electrons. The second-order valence-electron chi connectivity index (χ2n) is 31.8. The summed E-state index contributed by atoms with van der Waals surface area (Å²) >= 11 is 0. The first kappa shape index (κ1) is 68.0. The van der Waals surface area contributed by atoms with Crippen molar-refractivity contribution < 1.29 is 72.4 Å². The smallest absolute Gasteiger partial charge is 0.748 e. The molecule has 0 aromatic heterocycles. The minimum atomic E-state index is -5.00. The Labute approximate surface area is 620 Å². The number of aliphatic hydroxyl groups is 3. The molecule has 1 saturated heterocycles. The monoisotopic (exact) mass is 1390 g/mol. The molecule has 0 amide bonds. The van der Waals surface area contributed by atoms with Crippen LogP contribution in [0.4, 0.5) is 0 Å². The molecule has 13 aliphatic rings. The van der Waals surface area contributed by atoms with Crippen molar-refractivity contribution in [2.24, 2.45) is 69.7 Å². The topological polar surface area (TPSA) is 233 Å². The number of aryl methyl sites for hydroxylation is 1. The Kier molecular flexibility index (Phi) is 17.5. The van der Waals surface area contributed by atoms with E-state index in [1.807, 2.05) is 25.2 Å². The van der Waals surface area contributed by atoms with Crippen LogP contribution in [0.3, 0.4) is 0 Å². The zero-order chi connectivity index (χ0) is 69.0. The van der Waals surface area contributed by atoms with Crippen molar-refractivity contribution in [3.05, 3.63) is 247 Å². The normalized spacial score (nSPS) is 33.9. The standard InChI is InChI=1S/C87H90N4O9S.Na/c1-47-14-15-53-39-62-24-28-64(53)71(47)44-78(101(96,97)98)73-42-58-37-57(40-63-34-49(46-92)10-6-12-52-38-61(93)23-27-65(52)84(58)99-63)79(73)51-16-21-60(22-17-51)87(100-62,91-85(88)89)77-43-54-20-32-75-67(31-33-74(54)86(75,95)76(77)35-48-8-4-3-5-9-48)66-29-30-69-81-56(19-25-68(66)81)41-72-59(45-90-2)36-55-13-7-11-50-18-26-70(83(69)94)82(72)80(50)55;/h3-5,7-9,11,13,16-30,32,36,38-39,42,47,49,54,56-57,63,67,70-71,73-79,83-84,90,92-95H,10,14-15,31,33-35,37,40-41,43-46H2,1-2H3,(H4,88,89,91)(H,96,97,98);/q;+1/p-1. The maximum absolute atomic E-state index is 15.1. The average molecular weight is 1390 g/mol. The Balaban J connectivity index is 0.00000774. The van der Waals surface area contributed by atoms with E-state index >= 15 is 5.11 Å². The van der Waals surface area contributed by atoms with Crippen LogP contribution in [0.25, 0.3) is 22.9 Å². The quantitative estimate of drug-likeness (QED) is 0.0179. The first-order chi connectivity index (χ1) is 49.0. The molecule has 20 unspecified atom stereocenters. The second-order valence-corrected chi connectivity index (χ2v) is 33.4. The van der Waals surface area contributed by atoms with E-state index < -0.39 is 62.6 Å². The van der Waals surface area contributed by atoms with Gasteiger partial charge in [-0.2, -0.15) is 0 Å². The van der Waals surface area contributed by atoms with E-state index in [0.29, 0.717) is 68.4 Å². The number of guanidine groups is 1. The summed E-state index contributed by atoms with van der Waals surface area (Å²) in [6.07, 6.45) is 21.2. The largest absolute Gasteiger partial charge is 1.00 e. The van der Waals surface area contributed by atoms with E-state index in [4.69, 9.17) is 25.9 Å². The third-order valence-corrected chi connectivity index (χ3v) is 27.9. The summed E-state index contributed by atoms with van der Waals surface area (Å²) in [6.45, 7) is 2.79. The van der Waals surface area contributed by atoms with Crippen molar-refractivity contribution in [3.63, 3.8) is 0 Å².